The topological polar surface area (TPSA) is 54.3 Å². The highest BCUT2D eigenvalue weighted by molar-refractivity contribution is 7.80. The van der Waals surface area contributed by atoms with E-state index in [0.29, 0.717) is 32.1 Å². The van der Waals surface area contributed by atoms with Crippen molar-refractivity contribution in [2.45, 2.75) is 0 Å². The van der Waals surface area contributed by atoms with Crippen molar-refractivity contribution in [1.29, 1.82) is 0 Å². The van der Waals surface area contributed by atoms with E-state index in [1.54, 1.807) is 48.5 Å². The number of furan rings is 1. The lowest BCUT2D eigenvalue weighted by molar-refractivity contribution is 0.0951. The second-order valence-corrected chi connectivity index (χ2v) is 6.75. The molecule has 8 heteroatoms. The largest absolute Gasteiger partial charge is 0.451 e. The minimum absolute atomic E-state index is 0.0827. The average molecular weight is 426 g/mol. The van der Waals surface area contributed by atoms with Gasteiger partial charge in [0.1, 0.15) is 5.76 Å². The molecule has 3 aromatic rings. The molecule has 0 aliphatic heterocycles. The number of hydrogen-bond donors (Lipinski definition) is 2. The molecular formula is C18H11Cl3N2O2S. The second kappa shape index (κ2) is 8.10. The Balaban J connectivity index is 1.71. The summed E-state index contributed by atoms with van der Waals surface area (Å²) in [6.07, 6.45) is 0. The molecule has 0 saturated carbocycles. The van der Waals surface area contributed by atoms with E-state index in [1.807, 2.05) is 0 Å². The molecule has 1 heterocycles. The predicted octanol–water partition coefficient (Wildman–Crippen LogP) is 6.03. The molecule has 3 rings (SSSR count). The Kier molecular flexibility index (Phi) is 5.84. The fraction of sp³-hybridized carbons (Fsp3) is 0. The number of halogens is 3. The first kappa shape index (κ1) is 18.7. The highest BCUT2D eigenvalue weighted by atomic mass is 35.5. The van der Waals surface area contributed by atoms with Crippen molar-refractivity contribution in [3.05, 3.63) is 75.4 Å². The summed E-state index contributed by atoms with van der Waals surface area (Å²) < 4.78 is 5.57. The molecule has 0 bridgehead atoms. The highest BCUT2D eigenvalue weighted by Crippen LogP contribution is 2.34. The summed E-state index contributed by atoms with van der Waals surface area (Å²) in [7, 11) is 0. The van der Waals surface area contributed by atoms with Crippen LogP contribution < -0.4 is 10.6 Å². The Morgan fingerprint density at radius 3 is 2.42 bits per heavy atom. The van der Waals surface area contributed by atoms with Gasteiger partial charge in [0.25, 0.3) is 5.91 Å². The van der Waals surface area contributed by atoms with Gasteiger partial charge in [-0.2, -0.15) is 0 Å². The molecule has 0 radical (unpaired) electrons. The molecular weight excluding hydrogens is 415 g/mol. The molecule has 1 amide bonds. The van der Waals surface area contributed by atoms with Gasteiger partial charge >= 0.3 is 0 Å². The number of nitrogens with one attached hydrogen (secondary N) is 2. The third-order valence-electron chi connectivity index (χ3n) is 3.40. The standard InChI is InChI=1S/C18H11Cl3N2O2S/c19-11-5-1-2-7-13(11)22-18(26)23-17(24)15-9-8-14(25-15)10-4-3-6-12(20)16(10)21/h1-9H,(H2,22,23,24,26). The van der Waals surface area contributed by atoms with Gasteiger partial charge in [0.2, 0.25) is 0 Å². The van der Waals surface area contributed by atoms with E-state index in [4.69, 9.17) is 51.4 Å². The quantitative estimate of drug-likeness (QED) is 0.503. The normalized spacial score (nSPS) is 10.4. The van der Waals surface area contributed by atoms with Crippen LogP contribution in [0.1, 0.15) is 10.6 Å². The Morgan fingerprint density at radius 2 is 1.65 bits per heavy atom. The minimum Gasteiger partial charge on any atom is -0.451 e. The molecule has 2 aromatic carbocycles. The Labute approximate surface area is 170 Å². The fourth-order valence-corrected chi connectivity index (χ4v) is 2.96. The van der Waals surface area contributed by atoms with Crippen LogP contribution in [0.15, 0.2) is 59.0 Å². The van der Waals surface area contributed by atoms with Crippen LogP contribution in [-0.2, 0) is 0 Å². The van der Waals surface area contributed by atoms with Gasteiger partial charge < -0.3 is 9.73 Å². The van der Waals surface area contributed by atoms with E-state index < -0.39 is 5.91 Å². The first-order valence-electron chi connectivity index (χ1n) is 7.37. The molecule has 132 valence electrons. The number of para-hydroxylation sites is 1. The molecule has 0 fully saturated rings. The number of amides is 1. The molecule has 0 atom stereocenters. The molecule has 4 nitrogen and oxygen atoms in total. The average Bonchev–Trinajstić information content (AvgIpc) is 3.09. The predicted molar refractivity (Wildman–Crippen MR) is 109 cm³/mol. The Hall–Kier alpha value is -2.05. The van der Waals surface area contributed by atoms with Gasteiger partial charge in [-0.15, -0.1) is 0 Å². The molecule has 0 aliphatic rings. The lowest BCUT2D eigenvalue weighted by atomic mass is 10.2. The molecule has 2 N–H and O–H groups in total. The summed E-state index contributed by atoms with van der Waals surface area (Å²) in [5, 5.41) is 6.72. The first-order chi connectivity index (χ1) is 12.5. The molecule has 0 unspecified atom stereocenters. The van der Waals surface area contributed by atoms with Crippen molar-refractivity contribution in [1.82, 2.24) is 5.32 Å². The van der Waals surface area contributed by atoms with Crippen molar-refractivity contribution >= 4 is 63.7 Å². The number of anilines is 1. The summed E-state index contributed by atoms with van der Waals surface area (Å²) >= 11 is 23.3. The van der Waals surface area contributed by atoms with E-state index in [9.17, 15) is 4.79 Å². The maximum atomic E-state index is 12.3. The van der Waals surface area contributed by atoms with Crippen LogP contribution in [0.4, 0.5) is 5.69 Å². The summed E-state index contributed by atoms with van der Waals surface area (Å²) in [5.74, 6) is 0.00550. The van der Waals surface area contributed by atoms with Crippen molar-refractivity contribution in [3.63, 3.8) is 0 Å². The zero-order valence-corrected chi connectivity index (χ0v) is 16.1. The summed E-state index contributed by atoms with van der Waals surface area (Å²) in [5.41, 5.74) is 1.18. The maximum Gasteiger partial charge on any atom is 0.293 e. The van der Waals surface area contributed by atoms with Crippen molar-refractivity contribution < 1.29 is 9.21 Å². The van der Waals surface area contributed by atoms with Crippen LogP contribution in [0.2, 0.25) is 15.1 Å². The van der Waals surface area contributed by atoms with Crippen LogP contribution in [-0.4, -0.2) is 11.0 Å². The number of hydrogen-bond acceptors (Lipinski definition) is 3. The molecule has 0 saturated heterocycles. The van der Waals surface area contributed by atoms with Crippen molar-refractivity contribution in [2.24, 2.45) is 0 Å². The molecule has 26 heavy (non-hydrogen) atoms. The Bertz CT molecular complexity index is 988. The van der Waals surface area contributed by atoms with Gasteiger partial charge in [-0.25, -0.2) is 0 Å². The van der Waals surface area contributed by atoms with E-state index in [0.717, 1.165) is 0 Å². The van der Waals surface area contributed by atoms with Gasteiger partial charge in [0.15, 0.2) is 10.9 Å². The van der Waals surface area contributed by atoms with Gasteiger partial charge in [-0.1, -0.05) is 53.0 Å². The number of thiocarbonyl (C=S) groups is 1. The van der Waals surface area contributed by atoms with Crippen molar-refractivity contribution in [2.75, 3.05) is 5.32 Å². The number of carbonyl (C=O) groups is 1. The van der Waals surface area contributed by atoms with Crippen LogP contribution in [0.5, 0.6) is 0 Å². The van der Waals surface area contributed by atoms with Crippen molar-refractivity contribution in [3.8, 4) is 11.3 Å². The fourth-order valence-electron chi connectivity index (χ4n) is 2.18. The monoisotopic (exact) mass is 424 g/mol. The zero-order valence-electron chi connectivity index (χ0n) is 13.1. The lowest BCUT2D eigenvalue weighted by Crippen LogP contribution is -2.33. The third kappa shape index (κ3) is 4.19. The smallest absolute Gasteiger partial charge is 0.293 e. The van der Waals surface area contributed by atoms with E-state index in [-0.39, 0.29) is 10.9 Å². The van der Waals surface area contributed by atoms with Gasteiger partial charge in [-0.3, -0.25) is 10.1 Å². The Morgan fingerprint density at radius 1 is 0.923 bits per heavy atom. The van der Waals surface area contributed by atoms with E-state index >= 15 is 0 Å². The van der Waals surface area contributed by atoms with E-state index in [1.165, 1.54) is 6.07 Å². The zero-order chi connectivity index (χ0) is 18.7. The molecule has 0 spiro atoms. The first-order valence-corrected chi connectivity index (χ1v) is 8.91. The van der Waals surface area contributed by atoms with Crippen LogP contribution in [0.3, 0.4) is 0 Å². The van der Waals surface area contributed by atoms with Crippen LogP contribution >= 0.6 is 47.0 Å². The second-order valence-electron chi connectivity index (χ2n) is 5.15. The highest BCUT2D eigenvalue weighted by Gasteiger charge is 2.16. The molecule has 1 aromatic heterocycles. The number of rotatable bonds is 3. The summed E-state index contributed by atoms with van der Waals surface area (Å²) in [6, 6.07) is 15.4. The SMILES string of the molecule is O=C(NC(=S)Nc1ccccc1Cl)c1ccc(-c2cccc(Cl)c2Cl)o1. The molecule has 0 aliphatic carbocycles. The summed E-state index contributed by atoms with van der Waals surface area (Å²) in [6.45, 7) is 0. The van der Waals surface area contributed by atoms with Gasteiger partial charge in [-0.05, 0) is 48.6 Å². The number of benzene rings is 2. The van der Waals surface area contributed by atoms with Gasteiger partial charge in [0, 0.05) is 5.56 Å². The van der Waals surface area contributed by atoms with Crippen LogP contribution in [0, 0.1) is 0 Å². The lowest BCUT2D eigenvalue weighted by Gasteiger charge is -2.09. The number of carbonyl (C=O) groups excluding carboxylic acids is 1. The summed E-state index contributed by atoms with van der Waals surface area (Å²) in [4.78, 5) is 12.3. The van der Waals surface area contributed by atoms with Gasteiger partial charge in [0.05, 0.1) is 20.8 Å². The van der Waals surface area contributed by atoms with Crippen LogP contribution in [0.25, 0.3) is 11.3 Å². The maximum absolute atomic E-state index is 12.3. The van der Waals surface area contributed by atoms with E-state index in [2.05, 4.69) is 10.6 Å². The third-order valence-corrected chi connectivity index (χ3v) is 4.75. The minimum atomic E-state index is -0.501.